The maximum absolute atomic E-state index is 13.1. The van der Waals surface area contributed by atoms with Crippen molar-refractivity contribution in [3.63, 3.8) is 0 Å². The van der Waals surface area contributed by atoms with E-state index in [1.165, 1.54) is 12.1 Å². The van der Waals surface area contributed by atoms with Crippen LogP contribution in [-0.4, -0.2) is 4.98 Å². The number of halogens is 2. The molecule has 0 aliphatic rings. The minimum absolute atomic E-state index is 0.355. The largest absolute Gasteiger partial charge is 0.454 e. The highest BCUT2D eigenvalue weighted by atomic mass is 79.9. The van der Waals surface area contributed by atoms with Gasteiger partial charge in [-0.15, -0.1) is 0 Å². The Kier molecular flexibility index (Phi) is 3.71. The second-order valence-corrected chi connectivity index (χ2v) is 4.26. The Balaban J connectivity index is 2.27. The van der Waals surface area contributed by atoms with Crippen molar-refractivity contribution in [2.45, 2.75) is 6.54 Å². The van der Waals surface area contributed by atoms with Crippen LogP contribution < -0.4 is 10.5 Å². The summed E-state index contributed by atoms with van der Waals surface area (Å²) < 4.78 is 19.3. The number of aromatic nitrogens is 1. The van der Waals surface area contributed by atoms with Gasteiger partial charge in [0.2, 0.25) is 0 Å². The van der Waals surface area contributed by atoms with Crippen molar-refractivity contribution in [2.75, 3.05) is 0 Å². The minimum Gasteiger partial charge on any atom is -0.454 e. The molecule has 0 amide bonds. The molecule has 0 aliphatic heterocycles. The topological polar surface area (TPSA) is 48.1 Å². The van der Waals surface area contributed by atoms with Gasteiger partial charge in [0.1, 0.15) is 17.3 Å². The van der Waals surface area contributed by atoms with E-state index in [9.17, 15) is 4.39 Å². The Morgan fingerprint density at radius 2 is 2.12 bits per heavy atom. The fraction of sp³-hybridized carbons (Fsp3) is 0.0833. The maximum Gasteiger partial charge on any atom is 0.146 e. The predicted molar refractivity (Wildman–Crippen MR) is 66.3 cm³/mol. The molecule has 0 bridgehead atoms. The molecule has 0 saturated carbocycles. The molecule has 1 heterocycles. The average molecular weight is 297 g/mol. The van der Waals surface area contributed by atoms with Crippen LogP contribution in [0.3, 0.4) is 0 Å². The molecule has 1 aromatic carbocycles. The lowest BCUT2D eigenvalue weighted by atomic mass is 10.3. The summed E-state index contributed by atoms with van der Waals surface area (Å²) in [5.41, 5.74) is 6.36. The van der Waals surface area contributed by atoms with Crippen LogP contribution in [0.4, 0.5) is 4.39 Å². The Labute approximate surface area is 107 Å². The van der Waals surface area contributed by atoms with Gasteiger partial charge in [-0.3, -0.25) is 4.98 Å². The molecular weight excluding hydrogens is 287 g/mol. The molecule has 5 heteroatoms. The first-order chi connectivity index (χ1) is 8.19. The third kappa shape index (κ3) is 3.01. The smallest absolute Gasteiger partial charge is 0.146 e. The Morgan fingerprint density at radius 3 is 2.88 bits per heavy atom. The number of pyridine rings is 1. The summed E-state index contributed by atoms with van der Waals surface area (Å²) in [6.45, 7) is 0.383. The van der Waals surface area contributed by atoms with Gasteiger partial charge in [-0.25, -0.2) is 4.39 Å². The van der Waals surface area contributed by atoms with E-state index in [1.54, 1.807) is 24.5 Å². The predicted octanol–water partition coefficient (Wildman–Crippen LogP) is 3.23. The molecule has 0 atom stereocenters. The van der Waals surface area contributed by atoms with E-state index in [4.69, 9.17) is 10.5 Å². The van der Waals surface area contributed by atoms with Crippen LogP contribution in [0, 0.1) is 5.82 Å². The zero-order valence-corrected chi connectivity index (χ0v) is 10.4. The lowest BCUT2D eigenvalue weighted by molar-refractivity contribution is 0.470. The number of benzene rings is 1. The van der Waals surface area contributed by atoms with Gasteiger partial charge in [-0.2, -0.15) is 0 Å². The summed E-state index contributed by atoms with van der Waals surface area (Å²) in [5.74, 6) is 0.575. The molecule has 0 radical (unpaired) electrons. The molecule has 2 rings (SSSR count). The molecule has 3 nitrogen and oxygen atoms in total. The number of nitrogens with zero attached hydrogens (tertiary/aromatic N) is 1. The number of hydrogen-bond acceptors (Lipinski definition) is 3. The lowest BCUT2D eigenvalue weighted by Crippen LogP contribution is -1.97. The van der Waals surface area contributed by atoms with E-state index < -0.39 is 0 Å². The fourth-order valence-corrected chi connectivity index (χ4v) is 1.64. The van der Waals surface area contributed by atoms with Gasteiger partial charge in [0.25, 0.3) is 0 Å². The maximum atomic E-state index is 13.1. The average Bonchev–Trinajstić information content (AvgIpc) is 2.34. The zero-order valence-electron chi connectivity index (χ0n) is 8.86. The zero-order chi connectivity index (χ0) is 12.3. The van der Waals surface area contributed by atoms with Crippen LogP contribution in [0.2, 0.25) is 0 Å². The van der Waals surface area contributed by atoms with Crippen molar-refractivity contribution in [1.29, 1.82) is 0 Å². The first kappa shape index (κ1) is 12.0. The van der Waals surface area contributed by atoms with E-state index in [-0.39, 0.29) is 5.82 Å². The molecule has 0 spiro atoms. The molecule has 0 saturated heterocycles. The summed E-state index contributed by atoms with van der Waals surface area (Å²) >= 11 is 3.29. The van der Waals surface area contributed by atoms with Gasteiger partial charge < -0.3 is 10.5 Å². The molecule has 88 valence electrons. The molecule has 0 fully saturated rings. The summed E-state index contributed by atoms with van der Waals surface area (Å²) in [5, 5.41) is 0. The number of hydrogen-bond donors (Lipinski definition) is 1. The highest BCUT2D eigenvalue weighted by Gasteiger charge is 2.05. The molecule has 17 heavy (non-hydrogen) atoms. The van der Waals surface area contributed by atoms with Crippen molar-refractivity contribution in [1.82, 2.24) is 4.98 Å². The highest BCUT2D eigenvalue weighted by molar-refractivity contribution is 9.10. The summed E-state index contributed by atoms with van der Waals surface area (Å²) in [6.07, 6.45) is 3.21. The number of ether oxygens (including phenoxy) is 1. The van der Waals surface area contributed by atoms with Crippen molar-refractivity contribution >= 4 is 15.9 Å². The van der Waals surface area contributed by atoms with E-state index in [0.717, 1.165) is 5.56 Å². The second kappa shape index (κ2) is 5.25. The SMILES string of the molecule is NCc1cncc(Oc2cc(F)ccc2Br)c1. The van der Waals surface area contributed by atoms with Gasteiger partial charge in [0.15, 0.2) is 0 Å². The normalized spacial score (nSPS) is 10.3. The van der Waals surface area contributed by atoms with E-state index >= 15 is 0 Å². The first-order valence-corrected chi connectivity index (χ1v) is 5.75. The van der Waals surface area contributed by atoms with Crippen LogP contribution in [0.5, 0.6) is 11.5 Å². The van der Waals surface area contributed by atoms with Crippen LogP contribution in [-0.2, 0) is 6.54 Å². The van der Waals surface area contributed by atoms with Crippen molar-refractivity contribution in [2.24, 2.45) is 5.73 Å². The molecule has 2 N–H and O–H groups in total. The summed E-state index contributed by atoms with van der Waals surface area (Å²) in [6, 6.07) is 6.01. The number of rotatable bonds is 3. The first-order valence-electron chi connectivity index (χ1n) is 4.96. The third-order valence-corrected chi connectivity index (χ3v) is 2.78. The second-order valence-electron chi connectivity index (χ2n) is 3.41. The Hall–Kier alpha value is -1.46. The van der Waals surface area contributed by atoms with Crippen LogP contribution in [0.25, 0.3) is 0 Å². The van der Waals surface area contributed by atoms with E-state index in [0.29, 0.717) is 22.5 Å². The van der Waals surface area contributed by atoms with Gasteiger partial charge in [0, 0.05) is 18.8 Å². The fourth-order valence-electron chi connectivity index (χ4n) is 1.31. The molecular formula is C12H10BrFN2O. The summed E-state index contributed by atoms with van der Waals surface area (Å²) in [7, 11) is 0. The Morgan fingerprint density at radius 1 is 1.29 bits per heavy atom. The molecule has 2 aromatic rings. The van der Waals surface area contributed by atoms with Crippen LogP contribution in [0.1, 0.15) is 5.56 Å². The quantitative estimate of drug-likeness (QED) is 0.946. The Bertz CT molecular complexity index is 534. The summed E-state index contributed by atoms with van der Waals surface area (Å²) in [4.78, 5) is 3.99. The van der Waals surface area contributed by atoms with Crippen molar-refractivity contribution in [3.05, 3.63) is 52.5 Å². The van der Waals surface area contributed by atoms with E-state index in [2.05, 4.69) is 20.9 Å². The van der Waals surface area contributed by atoms with Gasteiger partial charge in [-0.05, 0) is 39.7 Å². The third-order valence-electron chi connectivity index (χ3n) is 2.13. The van der Waals surface area contributed by atoms with Crippen LogP contribution in [0.15, 0.2) is 41.1 Å². The van der Waals surface area contributed by atoms with Gasteiger partial charge in [0.05, 0.1) is 10.7 Å². The standard InChI is InChI=1S/C12H10BrFN2O/c13-11-2-1-9(14)4-12(11)17-10-3-8(5-15)6-16-7-10/h1-4,6-7H,5,15H2. The van der Waals surface area contributed by atoms with Gasteiger partial charge >= 0.3 is 0 Å². The van der Waals surface area contributed by atoms with Crippen molar-refractivity contribution < 1.29 is 9.13 Å². The van der Waals surface area contributed by atoms with Gasteiger partial charge in [-0.1, -0.05) is 0 Å². The highest BCUT2D eigenvalue weighted by Crippen LogP contribution is 2.30. The van der Waals surface area contributed by atoms with Crippen molar-refractivity contribution in [3.8, 4) is 11.5 Å². The minimum atomic E-state index is -0.355. The van der Waals surface area contributed by atoms with E-state index in [1.807, 2.05) is 0 Å². The molecule has 0 unspecified atom stereocenters. The number of nitrogens with two attached hydrogens (primary N) is 1. The molecule has 1 aromatic heterocycles. The monoisotopic (exact) mass is 296 g/mol. The molecule has 0 aliphatic carbocycles. The lowest BCUT2D eigenvalue weighted by Gasteiger charge is -2.08. The van der Waals surface area contributed by atoms with Crippen LogP contribution >= 0.6 is 15.9 Å².